The van der Waals surface area contributed by atoms with Crippen molar-refractivity contribution >= 4 is 28.7 Å². The molecule has 0 aliphatic heterocycles. The number of aryl methyl sites for hydroxylation is 1. The van der Waals surface area contributed by atoms with Crippen LogP contribution in [0.15, 0.2) is 29.5 Å². The van der Waals surface area contributed by atoms with Gasteiger partial charge in [0.1, 0.15) is 23.6 Å². The highest BCUT2D eigenvalue weighted by Crippen LogP contribution is 2.33. The number of nitrogens with one attached hydrogen (secondary N) is 1. The third-order valence-electron chi connectivity index (χ3n) is 3.57. The fourth-order valence-corrected chi connectivity index (χ4v) is 2.26. The van der Waals surface area contributed by atoms with Crippen LogP contribution >= 0.6 is 0 Å². The highest BCUT2D eigenvalue weighted by molar-refractivity contribution is 6.39. The van der Waals surface area contributed by atoms with Gasteiger partial charge < -0.3 is 10.1 Å². The largest absolute Gasteiger partial charge is 0.489 e. The number of ether oxygens (including phenoxy) is 1. The Kier molecular flexibility index (Phi) is 6.38. The summed E-state index contributed by atoms with van der Waals surface area (Å²) in [7, 11) is 0. The van der Waals surface area contributed by atoms with E-state index in [4.69, 9.17) is 4.74 Å². The Balaban J connectivity index is 2.45. The van der Waals surface area contributed by atoms with Crippen LogP contribution < -0.4 is 10.1 Å². The topological polar surface area (TPSA) is 76.5 Å². The van der Waals surface area contributed by atoms with Gasteiger partial charge in [-0.25, -0.2) is 19.4 Å². The molecule has 0 saturated carbocycles. The standard InChI is InChI=1S/C19H23FN4O2/c1-6-16(25)12(4)23-18-13(5)21-10-22-19(18)24-15-8-7-14(20)9-17(15)26-11(2)3/h7-11H,6H2,1-5H3,(H,21,22,24). The molecule has 0 amide bonds. The normalized spacial score (nSPS) is 11.6. The van der Waals surface area contributed by atoms with Crippen LogP contribution in [0.1, 0.15) is 39.8 Å². The summed E-state index contributed by atoms with van der Waals surface area (Å²) in [6, 6.07) is 4.21. The fourth-order valence-electron chi connectivity index (χ4n) is 2.26. The summed E-state index contributed by atoms with van der Waals surface area (Å²) < 4.78 is 19.3. The van der Waals surface area contributed by atoms with Crippen molar-refractivity contribution in [3.8, 4) is 5.75 Å². The van der Waals surface area contributed by atoms with Gasteiger partial charge in [0.2, 0.25) is 0 Å². The minimum atomic E-state index is -0.396. The van der Waals surface area contributed by atoms with Gasteiger partial charge in [-0.15, -0.1) is 0 Å². The molecule has 0 bridgehead atoms. The summed E-state index contributed by atoms with van der Waals surface area (Å²) in [5, 5.41) is 3.12. The van der Waals surface area contributed by atoms with Crippen molar-refractivity contribution in [1.29, 1.82) is 0 Å². The molecule has 0 saturated heterocycles. The molecular weight excluding hydrogens is 335 g/mol. The Labute approximate surface area is 152 Å². The molecule has 0 unspecified atom stereocenters. The second kappa shape index (κ2) is 8.51. The second-order valence-corrected chi connectivity index (χ2v) is 6.06. The zero-order valence-corrected chi connectivity index (χ0v) is 15.6. The molecule has 1 aromatic carbocycles. The van der Waals surface area contributed by atoms with Gasteiger partial charge in [0.05, 0.1) is 23.2 Å². The van der Waals surface area contributed by atoms with Gasteiger partial charge in [0.25, 0.3) is 0 Å². The van der Waals surface area contributed by atoms with Gasteiger partial charge in [-0.3, -0.25) is 4.79 Å². The SMILES string of the molecule is CCC(=O)C(C)=Nc1c(C)ncnc1Nc1ccc(F)cc1OC(C)C. The zero-order valence-electron chi connectivity index (χ0n) is 15.6. The smallest absolute Gasteiger partial charge is 0.176 e. The zero-order chi connectivity index (χ0) is 19.3. The predicted molar refractivity (Wildman–Crippen MR) is 100 cm³/mol. The first kappa shape index (κ1) is 19.5. The Morgan fingerprint density at radius 1 is 1.35 bits per heavy atom. The third-order valence-corrected chi connectivity index (χ3v) is 3.57. The molecule has 7 heteroatoms. The molecule has 0 spiro atoms. The van der Waals surface area contributed by atoms with E-state index in [9.17, 15) is 9.18 Å². The molecule has 0 radical (unpaired) electrons. The number of halogens is 1. The number of ketones is 1. The van der Waals surface area contributed by atoms with Crippen LogP contribution in [-0.4, -0.2) is 27.6 Å². The number of aromatic nitrogens is 2. The van der Waals surface area contributed by atoms with E-state index in [1.165, 1.54) is 18.5 Å². The van der Waals surface area contributed by atoms with Gasteiger partial charge in [-0.05, 0) is 39.8 Å². The van der Waals surface area contributed by atoms with E-state index in [0.29, 0.717) is 40.8 Å². The lowest BCUT2D eigenvalue weighted by Crippen LogP contribution is -2.09. The summed E-state index contributed by atoms with van der Waals surface area (Å²) in [5.41, 5.74) is 2.02. The number of carbonyl (C=O) groups is 1. The van der Waals surface area contributed by atoms with Crippen molar-refractivity contribution in [3.05, 3.63) is 36.0 Å². The number of rotatable bonds is 7. The molecule has 1 aromatic heterocycles. The van der Waals surface area contributed by atoms with Crippen molar-refractivity contribution in [2.24, 2.45) is 4.99 Å². The lowest BCUT2D eigenvalue weighted by Gasteiger charge is -2.16. The van der Waals surface area contributed by atoms with Gasteiger partial charge in [-0.1, -0.05) is 6.92 Å². The lowest BCUT2D eigenvalue weighted by molar-refractivity contribution is -0.112. The Morgan fingerprint density at radius 2 is 2.08 bits per heavy atom. The van der Waals surface area contributed by atoms with Crippen LogP contribution in [0.25, 0.3) is 0 Å². The number of benzene rings is 1. The minimum absolute atomic E-state index is 0.0511. The van der Waals surface area contributed by atoms with E-state index >= 15 is 0 Å². The lowest BCUT2D eigenvalue weighted by atomic mass is 10.2. The summed E-state index contributed by atoms with van der Waals surface area (Å²) in [5.74, 6) is 0.339. The number of anilines is 2. The van der Waals surface area contributed by atoms with E-state index in [1.807, 2.05) is 13.8 Å². The van der Waals surface area contributed by atoms with Crippen molar-refractivity contribution < 1.29 is 13.9 Å². The fraction of sp³-hybridized carbons (Fsp3) is 0.368. The van der Waals surface area contributed by atoms with Gasteiger partial charge >= 0.3 is 0 Å². The number of Topliss-reactive ketones (excluding diaryl/α,β-unsaturated/α-hetero) is 1. The molecule has 6 nitrogen and oxygen atoms in total. The van der Waals surface area contributed by atoms with Gasteiger partial charge in [0, 0.05) is 12.5 Å². The van der Waals surface area contributed by atoms with Crippen LogP contribution in [0.4, 0.5) is 21.6 Å². The van der Waals surface area contributed by atoms with E-state index < -0.39 is 5.82 Å². The van der Waals surface area contributed by atoms with E-state index in [-0.39, 0.29) is 11.9 Å². The molecule has 2 rings (SSSR count). The second-order valence-electron chi connectivity index (χ2n) is 6.06. The van der Waals surface area contributed by atoms with Crippen LogP contribution in [0.5, 0.6) is 5.75 Å². The predicted octanol–water partition coefficient (Wildman–Crippen LogP) is 4.53. The maximum atomic E-state index is 13.6. The quantitative estimate of drug-likeness (QED) is 0.736. The number of nitrogens with zero attached hydrogens (tertiary/aromatic N) is 3. The average Bonchev–Trinajstić information content (AvgIpc) is 2.58. The first-order valence-electron chi connectivity index (χ1n) is 8.45. The third kappa shape index (κ3) is 4.84. The van der Waals surface area contributed by atoms with Gasteiger partial charge in [0.15, 0.2) is 11.6 Å². The maximum Gasteiger partial charge on any atom is 0.176 e. The first-order chi connectivity index (χ1) is 12.3. The Morgan fingerprint density at radius 3 is 2.73 bits per heavy atom. The van der Waals surface area contributed by atoms with E-state index in [2.05, 4.69) is 20.3 Å². The van der Waals surface area contributed by atoms with Crippen molar-refractivity contribution in [2.45, 2.75) is 47.1 Å². The van der Waals surface area contributed by atoms with Crippen molar-refractivity contribution in [3.63, 3.8) is 0 Å². The minimum Gasteiger partial charge on any atom is -0.489 e. The monoisotopic (exact) mass is 358 g/mol. The van der Waals surface area contributed by atoms with Crippen LogP contribution in [0, 0.1) is 12.7 Å². The van der Waals surface area contributed by atoms with E-state index in [1.54, 1.807) is 26.8 Å². The Bertz CT molecular complexity index is 834. The average molecular weight is 358 g/mol. The molecule has 26 heavy (non-hydrogen) atoms. The summed E-state index contributed by atoms with van der Waals surface area (Å²) in [6.45, 7) is 8.94. The molecule has 0 atom stereocenters. The van der Waals surface area contributed by atoms with Gasteiger partial charge in [-0.2, -0.15) is 0 Å². The summed E-state index contributed by atoms with van der Waals surface area (Å²) in [4.78, 5) is 24.6. The number of hydrogen-bond donors (Lipinski definition) is 1. The molecule has 138 valence electrons. The number of hydrogen-bond acceptors (Lipinski definition) is 6. The molecule has 1 N–H and O–H groups in total. The molecule has 0 aliphatic rings. The molecule has 1 heterocycles. The molecule has 0 fully saturated rings. The number of aliphatic imine (C=N–C) groups is 1. The highest BCUT2D eigenvalue weighted by atomic mass is 19.1. The maximum absolute atomic E-state index is 13.6. The summed E-state index contributed by atoms with van der Waals surface area (Å²) in [6.07, 6.45) is 1.65. The molecule has 0 aliphatic carbocycles. The summed E-state index contributed by atoms with van der Waals surface area (Å²) >= 11 is 0. The van der Waals surface area contributed by atoms with Crippen LogP contribution in [-0.2, 0) is 4.79 Å². The number of carbonyl (C=O) groups excluding carboxylic acids is 1. The first-order valence-corrected chi connectivity index (χ1v) is 8.45. The van der Waals surface area contributed by atoms with Crippen molar-refractivity contribution in [2.75, 3.05) is 5.32 Å². The molecule has 2 aromatic rings. The Hall–Kier alpha value is -2.83. The van der Waals surface area contributed by atoms with E-state index in [0.717, 1.165) is 0 Å². The molecular formula is C19H23FN4O2. The highest BCUT2D eigenvalue weighted by Gasteiger charge is 2.14. The van der Waals surface area contributed by atoms with Crippen molar-refractivity contribution in [1.82, 2.24) is 9.97 Å². The van der Waals surface area contributed by atoms with Crippen LogP contribution in [0.2, 0.25) is 0 Å². The van der Waals surface area contributed by atoms with Crippen LogP contribution in [0.3, 0.4) is 0 Å².